The lowest BCUT2D eigenvalue weighted by atomic mass is 9.99. The van der Waals surface area contributed by atoms with Crippen molar-refractivity contribution in [1.29, 1.82) is 0 Å². The standard InChI is InChI=1S/C22H16FN5O5/c23-17-9-5-4-8-15(17)19-16-12-14(28(31)32)10-11-18(16)25-20(21(29)26-19)27-33-22(30)24-13-6-2-1-3-7-13/h1-12,21,29H,(H,24,30)(H,25,27). The van der Waals surface area contributed by atoms with Gasteiger partial charge in [0.15, 0.2) is 5.84 Å². The van der Waals surface area contributed by atoms with Gasteiger partial charge in [-0.25, -0.2) is 19.2 Å². The summed E-state index contributed by atoms with van der Waals surface area (Å²) in [6, 6.07) is 17.9. The maximum Gasteiger partial charge on any atom is 0.435 e. The molecule has 1 aliphatic rings. The number of aliphatic hydroxyl groups is 1. The molecule has 10 nitrogen and oxygen atoms in total. The van der Waals surface area contributed by atoms with Crippen molar-refractivity contribution in [3.63, 3.8) is 0 Å². The zero-order chi connectivity index (χ0) is 23.4. The summed E-state index contributed by atoms with van der Waals surface area (Å²) in [4.78, 5) is 35.9. The number of non-ortho nitro benzene ring substituents is 1. The van der Waals surface area contributed by atoms with Gasteiger partial charge in [-0.3, -0.25) is 15.4 Å². The number of para-hydroxylation sites is 1. The summed E-state index contributed by atoms with van der Waals surface area (Å²) in [5.41, 5.74) is 2.70. The Labute approximate surface area is 186 Å². The molecule has 0 saturated carbocycles. The smallest absolute Gasteiger partial charge is 0.365 e. The van der Waals surface area contributed by atoms with Gasteiger partial charge in [0, 0.05) is 28.9 Å². The van der Waals surface area contributed by atoms with Crippen LogP contribution in [0.2, 0.25) is 0 Å². The lowest BCUT2D eigenvalue weighted by molar-refractivity contribution is -0.384. The Balaban J connectivity index is 1.67. The van der Waals surface area contributed by atoms with Gasteiger partial charge in [0.05, 0.1) is 16.3 Å². The number of hydrogen-bond acceptors (Lipinski definition) is 8. The van der Waals surface area contributed by atoms with Crippen LogP contribution in [-0.2, 0) is 4.84 Å². The number of carbonyl (C=O) groups is 1. The van der Waals surface area contributed by atoms with Gasteiger partial charge in [0.2, 0.25) is 6.23 Å². The fourth-order valence-electron chi connectivity index (χ4n) is 3.07. The molecule has 166 valence electrons. The predicted octanol–water partition coefficient (Wildman–Crippen LogP) is 3.69. The van der Waals surface area contributed by atoms with Gasteiger partial charge in [-0.15, -0.1) is 0 Å². The first-order valence-electron chi connectivity index (χ1n) is 9.59. The molecule has 0 aromatic heterocycles. The summed E-state index contributed by atoms with van der Waals surface area (Å²) in [6.45, 7) is 0. The van der Waals surface area contributed by atoms with Crippen molar-refractivity contribution in [2.75, 3.05) is 5.32 Å². The lowest BCUT2D eigenvalue weighted by Gasteiger charge is -2.12. The molecule has 1 unspecified atom stereocenters. The summed E-state index contributed by atoms with van der Waals surface area (Å²) in [5, 5.41) is 24.3. The second-order valence-corrected chi connectivity index (χ2v) is 6.77. The second-order valence-electron chi connectivity index (χ2n) is 6.77. The second kappa shape index (κ2) is 9.24. The molecule has 33 heavy (non-hydrogen) atoms. The summed E-state index contributed by atoms with van der Waals surface area (Å²) in [5.74, 6) is -0.921. The van der Waals surface area contributed by atoms with Crippen LogP contribution < -0.4 is 10.8 Å². The normalized spacial score (nSPS) is 14.8. The molecule has 1 heterocycles. The van der Waals surface area contributed by atoms with E-state index in [9.17, 15) is 24.4 Å². The molecule has 3 aromatic carbocycles. The molecule has 0 bridgehead atoms. The van der Waals surface area contributed by atoms with Gasteiger partial charge in [0.25, 0.3) is 5.69 Å². The number of amides is 1. The van der Waals surface area contributed by atoms with Crippen LogP contribution in [0.1, 0.15) is 11.1 Å². The minimum absolute atomic E-state index is 0.0116. The number of rotatable bonds is 3. The Kier molecular flexibility index (Phi) is 6.04. The number of nitrogens with one attached hydrogen (secondary N) is 2. The number of aliphatic hydroxyl groups excluding tert-OH is 1. The quantitative estimate of drug-likeness (QED) is 0.412. The minimum Gasteiger partial charge on any atom is -0.365 e. The van der Waals surface area contributed by atoms with Gasteiger partial charge in [-0.1, -0.05) is 30.3 Å². The molecule has 0 fully saturated rings. The molecule has 1 amide bonds. The maximum absolute atomic E-state index is 14.5. The monoisotopic (exact) mass is 449 g/mol. The van der Waals surface area contributed by atoms with Gasteiger partial charge in [-0.2, -0.15) is 5.48 Å². The van der Waals surface area contributed by atoms with Crippen LogP contribution in [0.4, 0.5) is 26.2 Å². The SMILES string of the molecule is O=C(Nc1ccccc1)ONC1=Nc2ccc([N+](=O)[O-])cc2C(c2ccccc2F)=NC1O. The molecule has 3 aromatic rings. The Hall–Kier alpha value is -4.64. The first kappa shape index (κ1) is 21.6. The first-order chi connectivity index (χ1) is 15.9. The fraction of sp³-hybridized carbons (Fsp3) is 0.0455. The average Bonchev–Trinajstić information content (AvgIpc) is 2.94. The zero-order valence-electron chi connectivity index (χ0n) is 16.8. The number of carbonyl (C=O) groups excluding carboxylic acids is 1. The number of amidine groups is 1. The number of anilines is 1. The highest BCUT2D eigenvalue weighted by Gasteiger charge is 2.26. The van der Waals surface area contributed by atoms with E-state index in [4.69, 9.17) is 4.84 Å². The highest BCUT2D eigenvalue weighted by Crippen LogP contribution is 2.30. The predicted molar refractivity (Wildman–Crippen MR) is 118 cm³/mol. The molecule has 1 atom stereocenters. The van der Waals surface area contributed by atoms with E-state index in [0.29, 0.717) is 5.69 Å². The van der Waals surface area contributed by atoms with Gasteiger partial charge in [0.1, 0.15) is 5.82 Å². The summed E-state index contributed by atoms with van der Waals surface area (Å²) in [6.07, 6.45) is -2.57. The average molecular weight is 449 g/mol. The Morgan fingerprint density at radius 2 is 1.79 bits per heavy atom. The number of nitrogens with zero attached hydrogens (tertiary/aromatic N) is 3. The molecular weight excluding hydrogens is 433 g/mol. The third kappa shape index (κ3) is 4.83. The van der Waals surface area contributed by atoms with Crippen molar-refractivity contribution in [1.82, 2.24) is 5.48 Å². The van der Waals surface area contributed by atoms with Crippen molar-refractivity contribution in [2.45, 2.75) is 6.23 Å². The summed E-state index contributed by atoms with van der Waals surface area (Å²) < 4.78 is 14.5. The van der Waals surface area contributed by atoms with Crippen molar-refractivity contribution in [2.24, 2.45) is 9.98 Å². The number of fused-ring (bicyclic) bond motifs is 1. The van der Waals surface area contributed by atoms with Crippen LogP contribution in [0.3, 0.4) is 0 Å². The van der Waals surface area contributed by atoms with Crippen LogP contribution in [0.25, 0.3) is 0 Å². The molecule has 11 heteroatoms. The fourth-order valence-corrected chi connectivity index (χ4v) is 3.07. The highest BCUT2D eigenvalue weighted by atomic mass is 19.1. The molecular formula is C22H16FN5O5. The maximum atomic E-state index is 14.5. The van der Waals surface area contributed by atoms with Crippen molar-refractivity contribution < 1.29 is 24.1 Å². The van der Waals surface area contributed by atoms with E-state index in [1.807, 2.05) is 0 Å². The molecule has 0 saturated heterocycles. The third-order valence-corrected chi connectivity index (χ3v) is 4.58. The largest absolute Gasteiger partial charge is 0.435 e. The van der Waals surface area contributed by atoms with E-state index < -0.39 is 23.1 Å². The number of hydrogen-bond donors (Lipinski definition) is 3. The summed E-state index contributed by atoms with van der Waals surface area (Å²) >= 11 is 0. The van der Waals surface area contributed by atoms with Crippen LogP contribution >= 0.6 is 0 Å². The first-order valence-corrected chi connectivity index (χ1v) is 9.59. The molecule has 0 spiro atoms. The van der Waals surface area contributed by atoms with E-state index in [2.05, 4.69) is 20.8 Å². The van der Waals surface area contributed by atoms with E-state index in [1.54, 1.807) is 36.4 Å². The molecule has 3 N–H and O–H groups in total. The van der Waals surface area contributed by atoms with Crippen LogP contribution in [0.5, 0.6) is 0 Å². The topological polar surface area (TPSA) is 138 Å². The van der Waals surface area contributed by atoms with Crippen molar-refractivity contribution in [3.8, 4) is 0 Å². The molecule has 4 rings (SSSR count). The minimum atomic E-state index is -1.68. The molecule has 1 aliphatic heterocycles. The number of nitro benzene ring substituents is 1. The van der Waals surface area contributed by atoms with E-state index in [1.165, 1.54) is 36.4 Å². The lowest BCUT2D eigenvalue weighted by Crippen LogP contribution is -2.36. The van der Waals surface area contributed by atoms with Gasteiger partial charge in [-0.05, 0) is 30.3 Å². The van der Waals surface area contributed by atoms with Crippen molar-refractivity contribution >= 4 is 34.7 Å². The van der Waals surface area contributed by atoms with E-state index in [-0.39, 0.29) is 34.0 Å². The number of benzene rings is 3. The number of aliphatic imine (C=N–C) groups is 2. The van der Waals surface area contributed by atoms with E-state index >= 15 is 0 Å². The number of halogens is 1. The van der Waals surface area contributed by atoms with E-state index in [0.717, 1.165) is 0 Å². The number of hydroxylamine groups is 1. The highest BCUT2D eigenvalue weighted by molar-refractivity contribution is 6.18. The van der Waals surface area contributed by atoms with Crippen LogP contribution in [0, 0.1) is 15.9 Å². The number of nitro groups is 1. The summed E-state index contributed by atoms with van der Waals surface area (Å²) in [7, 11) is 0. The van der Waals surface area contributed by atoms with Crippen LogP contribution in [0.15, 0.2) is 82.8 Å². The van der Waals surface area contributed by atoms with Crippen molar-refractivity contribution in [3.05, 3.63) is 99.9 Å². The van der Waals surface area contributed by atoms with Gasteiger partial charge < -0.3 is 9.94 Å². The Morgan fingerprint density at radius 1 is 1.06 bits per heavy atom. The van der Waals surface area contributed by atoms with Crippen LogP contribution in [-0.4, -0.2) is 33.9 Å². The third-order valence-electron chi connectivity index (χ3n) is 4.58. The Morgan fingerprint density at radius 3 is 2.52 bits per heavy atom. The molecule has 0 radical (unpaired) electrons. The zero-order valence-corrected chi connectivity index (χ0v) is 16.8. The molecule has 0 aliphatic carbocycles. The Bertz CT molecular complexity index is 1280. The van der Waals surface area contributed by atoms with Gasteiger partial charge >= 0.3 is 6.09 Å².